The van der Waals surface area contributed by atoms with E-state index in [9.17, 15) is 0 Å². The zero-order valence-electron chi connectivity index (χ0n) is 33.5. The normalized spacial score (nSPS) is 16.1. The van der Waals surface area contributed by atoms with Gasteiger partial charge in [0.2, 0.25) is 0 Å². The van der Waals surface area contributed by atoms with Crippen LogP contribution in [0.3, 0.4) is 0 Å². The number of hydrogen-bond donors (Lipinski definition) is 0. The first-order valence-electron chi connectivity index (χ1n) is 22.5. The topological polar surface area (TPSA) is 9.72 Å². The highest BCUT2D eigenvalue weighted by molar-refractivity contribution is 4.83. The summed E-state index contributed by atoms with van der Waals surface area (Å²) in [5.41, 5.74) is 0. The molecular weight excluding hydrogens is 571 g/mol. The van der Waals surface area contributed by atoms with E-state index in [0.717, 1.165) is 0 Å². The number of rotatable bonds is 37. The molecule has 1 atom stereocenters. The Labute approximate surface area is 299 Å². The van der Waals surface area contributed by atoms with Crippen molar-refractivity contribution in [1.29, 1.82) is 0 Å². The molecule has 0 saturated carbocycles. The third-order valence-electron chi connectivity index (χ3n) is 11.2. The van der Waals surface area contributed by atoms with E-state index in [1.807, 2.05) is 0 Å². The van der Waals surface area contributed by atoms with Crippen LogP contribution in [0.15, 0.2) is 0 Å². The van der Waals surface area contributed by atoms with Crippen molar-refractivity contribution in [2.24, 2.45) is 0 Å². The second kappa shape index (κ2) is 35.7. The van der Waals surface area contributed by atoms with Crippen LogP contribution in [0, 0.1) is 0 Å². The number of hydrogen-bond acceptors (Lipinski definition) is 3. The third-order valence-corrected chi connectivity index (χ3v) is 11.2. The third kappa shape index (κ3) is 27.3. The molecule has 3 nitrogen and oxygen atoms in total. The van der Waals surface area contributed by atoms with Crippen LogP contribution in [-0.2, 0) is 0 Å². The quantitative estimate of drug-likeness (QED) is 0.0613. The van der Waals surface area contributed by atoms with E-state index in [2.05, 4.69) is 42.4 Å². The molecule has 0 N–H and O–H groups in total. The van der Waals surface area contributed by atoms with Gasteiger partial charge in [0.05, 0.1) is 6.17 Å². The molecule has 0 aromatic heterocycles. The molecule has 0 aromatic carbocycles. The fourth-order valence-electron chi connectivity index (χ4n) is 7.98. The first kappa shape index (κ1) is 44.9. The van der Waals surface area contributed by atoms with Gasteiger partial charge in [0.15, 0.2) is 0 Å². The Morgan fingerprint density at radius 2 is 0.702 bits per heavy atom. The van der Waals surface area contributed by atoms with Gasteiger partial charge in [0.25, 0.3) is 0 Å². The summed E-state index contributed by atoms with van der Waals surface area (Å²) in [5.74, 6) is 0. The standard InChI is InChI=1S/C44H91N3/c1-5-9-12-15-18-21-24-27-29-32-35-39-46(38-34-31-28-25-22-19-16-13-10-6-2)44-43-45(37-8-4)41-42-47(44)40-36-33-30-26-23-20-17-14-11-7-3/h44H,5-43H2,1-4H3. The van der Waals surface area contributed by atoms with Crippen molar-refractivity contribution in [3.8, 4) is 0 Å². The molecule has 0 spiro atoms. The fraction of sp³-hybridized carbons (Fsp3) is 1.00. The van der Waals surface area contributed by atoms with Crippen molar-refractivity contribution in [1.82, 2.24) is 14.7 Å². The summed E-state index contributed by atoms with van der Waals surface area (Å²) < 4.78 is 0. The number of piperazine rings is 1. The Bertz CT molecular complexity index is 595. The highest BCUT2D eigenvalue weighted by atomic mass is 15.4. The fourth-order valence-corrected chi connectivity index (χ4v) is 7.98. The van der Waals surface area contributed by atoms with Crippen LogP contribution in [0.25, 0.3) is 0 Å². The molecule has 282 valence electrons. The average molecular weight is 662 g/mol. The largest absolute Gasteiger partial charge is 0.299 e. The Kier molecular flexibility index (Phi) is 34.1. The minimum atomic E-state index is 0.649. The molecule has 1 aliphatic rings. The van der Waals surface area contributed by atoms with E-state index in [1.165, 1.54) is 251 Å². The average Bonchev–Trinajstić information content (AvgIpc) is 3.08. The molecule has 1 fully saturated rings. The summed E-state index contributed by atoms with van der Waals surface area (Å²) in [4.78, 5) is 8.72. The minimum absolute atomic E-state index is 0.649. The molecule has 0 radical (unpaired) electrons. The van der Waals surface area contributed by atoms with Crippen LogP contribution < -0.4 is 0 Å². The van der Waals surface area contributed by atoms with Gasteiger partial charge in [0, 0.05) is 19.6 Å². The van der Waals surface area contributed by atoms with E-state index in [4.69, 9.17) is 0 Å². The van der Waals surface area contributed by atoms with E-state index in [-0.39, 0.29) is 0 Å². The lowest BCUT2D eigenvalue weighted by Gasteiger charge is -2.47. The Hall–Kier alpha value is -0.120. The first-order valence-corrected chi connectivity index (χ1v) is 22.5. The van der Waals surface area contributed by atoms with Crippen molar-refractivity contribution < 1.29 is 0 Å². The molecule has 0 aromatic rings. The SMILES string of the molecule is CCCCCCCCCCCCCN(CCCCCCCCCCCC)C1CN(CCC)CCN1CCCCCCCCCCCC. The molecule has 0 amide bonds. The van der Waals surface area contributed by atoms with Gasteiger partial charge >= 0.3 is 0 Å². The van der Waals surface area contributed by atoms with Gasteiger partial charge in [0.1, 0.15) is 0 Å². The van der Waals surface area contributed by atoms with Gasteiger partial charge in [-0.25, -0.2) is 0 Å². The zero-order chi connectivity index (χ0) is 33.9. The van der Waals surface area contributed by atoms with Crippen molar-refractivity contribution >= 4 is 0 Å². The number of unbranched alkanes of at least 4 members (excludes halogenated alkanes) is 28. The summed E-state index contributed by atoms with van der Waals surface area (Å²) in [6, 6.07) is 0. The van der Waals surface area contributed by atoms with E-state index >= 15 is 0 Å². The van der Waals surface area contributed by atoms with E-state index in [0.29, 0.717) is 6.17 Å². The molecule has 47 heavy (non-hydrogen) atoms. The van der Waals surface area contributed by atoms with E-state index in [1.54, 1.807) is 0 Å². The lowest BCUT2D eigenvalue weighted by Crippen LogP contribution is -2.60. The van der Waals surface area contributed by atoms with E-state index < -0.39 is 0 Å². The van der Waals surface area contributed by atoms with Crippen LogP contribution in [0.4, 0.5) is 0 Å². The predicted molar refractivity (Wildman–Crippen MR) is 214 cm³/mol. The van der Waals surface area contributed by atoms with Crippen LogP contribution in [0.1, 0.15) is 233 Å². The minimum Gasteiger partial charge on any atom is -0.299 e. The Morgan fingerprint density at radius 1 is 0.362 bits per heavy atom. The molecule has 0 bridgehead atoms. The Balaban J connectivity index is 2.53. The van der Waals surface area contributed by atoms with Crippen molar-refractivity contribution in [3.63, 3.8) is 0 Å². The predicted octanol–water partition coefficient (Wildman–Crippen LogP) is 13.8. The molecule has 1 saturated heterocycles. The molecule has 0 aliphatic carbocycles. The molecule has 1 heterocycles. The molecular formula is C44H91N3. The van der Waals surface area contributed by atoms with Crippen LogP contribution in [0.5, 0.6) is 0 Å². The van der Waals surface area contributed by atoms with Crippen molar-refractivity contribution in [2.45, 2.75) is 239 Å². The second-order valence-corrected chi connectivity index (χ2v) is 15.8. The smallest absolute Gasteiger partial charge is 0.0754 e. The monoisotopic (exact) mass is 662 g/mol. The summed E-state index contributed by atoms with van der Waals surface area (Å²) in [6.07, 6.45) is 46.7. The van der Waals surface area contributed by atoms with Crippen LogP contribution in [-0.4, -0.2) is 66.7 Å². The van der Waals surface area contributed by atoms with Crippen molar-refractivity contribution in [2.75, 3.05) is 45.8 Å². The summed E-state index contributed by atoms with van der Waals surface area (Å²) in [5, 5.41) is 0. The van der Waals surface area contributed by atoms with Gasteiger partial charge in [-0.15, -0.1) is 0 Å². The lowest BCUT2D eigenvalue weighted by molar-refractivity contribution is -0.0247. The summed E-state index contributed by atoms with van der Waals surface area (Å²) in [6.45, 7) is 18.5. The maximum Gasteiger partial charge on any atom is 0.0754 e. The maximum atomic E-state index is 2.98. The first-order chi connectivity index (χ1) is 23.3. The number of nitrogens with zero attached hydrogens (tertiary/aromatic N) is 3. The second-order valence-electron chi connectivity index (χ2n) is 15.8. The summed E-state index contributed by atoms with van der Waals surface area (Å²) >= 11 is 0. The van der Waals surface area contributed by atoms with Crippen molar-refractivity contribution in [3.05, 3.63) is 0 Å². The van der Waals surface area contributed by atoms with Crippen LogP contribution >= 0.6 is 0 Å². The molecule has 1 unspecified atom stereocenters. The van der Waals surface area contributed by atoms with Crippen LogP contribution in [0.2, 0.25) is 0 Å². The van der Waals surface area contributed by atoms with Gasteiger partial charge in [-0.05, 0) is 51.9 Å². The van der Waals surface area contributed by atoms with Gasteiger partial charge in [-0.3, -0.25) is 14.7 Å². The highest BCUT2D eigenvalue weighted by Crippen LogP contribution is 2.20. The molecule has 3 heteroatoms. The maximum absolute atomic E-state index is 2.98. The Morgan fingerprint density at radius 3 is 1.06 bits per heavy atom. The van der Waals surface area contributed by atoms with Gasteiger partial charge in [-0.1, -0.05) is 207 Å². The molecule has 1 aliphatic heterocycles. The summed E-state index contributed by atoms with van der Waals surface area (Å²) in [7, 11) is 0. The van der Waals surface area contributed by atoms with Gasteiger partial charge in [-0.2, -0.15) is 0 Å². The molecule has 1 rings (SSSR count). The lowest BCUT2D eigenvalue weighted by atomic mass is 10.0. The van der Waals surface area contributed by atoms with Gasteiger partial charge < -0.3 is 0 Å². The zero-order valence-corrected chi connectivity index (χ0v) is 33.5. The highest BCUT2D eigenvalue weighted by Gasteiger charge is 2.30.